The molecule has 0 fully saturated rings. The number of hydrogen-bond donors (Lipinski definition) is 0. The second kappa shape index (κ2) is 35.2. The molecule has 0 saturated heterocycles. The van der Waals surface area contributed by atoms with Gasteiger partial charge in [-0.15, -0.1) is 68.0 Å². The Morgan fingerprint density at radius 1 is 0.340 bits per heavy atom. The predicted octanol–water partition coefficient (Wildman–Crippen LogP) is 29.5. The lowest BCUT2D eigenvalue weighted by Gasteiger charge is -2.15. The van der Waals surface area contributed by atoms with Gasteiger partial charge in [-0.3, -0.25) is 0 Å². The largest absolute Gasteiger partial charge is 0.203 e. The third kappa shape index (κ3) is 16.9. The quantitative estimate of drug-likeness (QED) is 0.0360. The zero-order chi connectivity index (χ0) is 69.8. The lowest BCUT2D eigenvalue weighted by molar-refractivity contribution is 0.330. The van der Waals surface area contributed by atoms with Crippen molar-refractivity contribution in [2.24, 2.45) is 23.7 Å². The summed E-state index contributed by atoms with van der Waals surface area (Å²) in [5, 5.41) is 24.0. The first-order valence-corrected chi connectivity index (χ1v) is 43.3. The van der Waals surface area contributed by atoms with E-state index in [0.29, 0.717) is 33.4 Å². The third-order valence-corrected chi connectivity index (χ3v) is 28.0. The first-order chi connectivity index (χ1) is 48.8. The van der Waals surface area contributed by atoms with Crippen molar-refractivity contribution in [3.63, 3.8) is 0 Å². The standard InChI is InChI=1S/C86H106F2N6S6/c1-11-19-25-27-33-59(31-23-15-5)53-93-89-81-55(9)35-38-65(82(81)90-93)72-47-45-70(98-72)63-39-40-64(80(88)79(63)87)71-46-48-73(99-71)66-41-42-67(84-83(66)91-94(92-84)54-60(32-24-16-6)34-28-26-20-12-2)76-52-69-78(75-44-37-62(97-75)51-58(18-8)30-22-14-4)85-68(49-56(10)95-85)77(86(69)100-76)74-43-36-61(96-74)50-57(17-7)29-21-13-3/h35-49,52,57-60H,11-34,50-51,53-54H2,1-10H3. The molecule has 0 N–H and O–H groups in total. The van der Waals surface area contributed by atoms with Crippen LogP contribution in [-0.4, -0.2) is 30.0 Å². The van der Waals surface area contributed by atoms with Gasteiger partial charge in [0, 0.05) is 108 Å². The molecule has 0 bridgehead atoms. The summed E-state index contributed by atoms with van der Waals surface area (Å²) in [5.41, 5.74) is 10.7. The van der Waals surface area contributed by atoms with Crippen LogP contribution in [0.5, 0.6) is 0 Å². The average Bonchev–Trinajstić information content (AvgIpc) is 1.56. The van der Waals surface area contributed by atoms with Crippen molar-refractivity contribution in [2.75, 3.05) is 0 Å². The second-order valence-corrected chi connectivity index (χ2v) is 35.6. The molecule has 0 aliphatic carbocycles. The number of aromatic nitrogens is 6. The minimum absolute atomic E-state index is 0.248. The lowest BCUT2D eigenvalue weighted by atomic mass is 9.95. The molecule has 0 saturated carbocycles. The van der Waals surface area contributed by atoms with Crippen LogP contribution < -0.4 is 0 Å². The van der Waals surface area contributed by atoms with Crippen molar-refractivity contribution in [2.45, 2.75) is 249 Å². The second-order valence-electron chi connectivity index (χ2n) is 28.8. The van der Waals surface area contributed by atoms with Crippen LogP contribution in [0.15, 0.2) is 97.1 Å². The van der Waals surface area contributed by atoms with Crippen LogP contribution in [-0.2, 0) is 25.9 Å². The fourth-order valence-electron chi connectivity index (χ4n) is 15.2. The minimum atomic E-state index is -0.845. The molecule has 8 aromatic heterocycles. The van der Waals surface area contributed by atoms with E-state index in [9.17, 15) is 0 Å². The van der Waals surface area contributed by atoms with Crippen molar-refractivity contribution < 1.29 is 8.78 Å². The summed E-state index contributed by atoms with van der Waals surface area (Å²) >= 11 is 10.8. The van der Waals surface area contributed by atoms with Crippen molar-refractivity contribution in [3.05, 3.63) is 129 Å². The summed E-state index contributed by atoms with van der Waals surface area (Å²) in [6.45, 7) is 24.4. The van der Waals surface area contributed by atoms with E-state index in [2.05, 4.69) is 136 Å². The maximum Gasteiger partial charge on any atom is 0.168 e. The van der Waals surface area contributed by atoms with Crippen LogP contribution >= 0.6 is 68.0 Å². The van der Waals surface area contributed by atoms with E-state index in [-0.39, 0.29) is 11.1 Å². The van der Waals surface area contributed by atoms with Crippen molar-refractivity contribution in [3.8, 4) is 73.1 Å². The van der Waals surface area contributed by atoms with Crippen LogP contribution in [0.3, 0.4) is 0 Å². The summed E-state index contributed by atoms with van der Waals surface area (Å²) in [5.74, 6) is 0.679. The summed E-state index contributed by atoms with van der Waals surface area (Å²) in [7, 11) is 0. The van der Waals surface area contributed by atoms with Crippen LogP contribution in [0.25, 0.3) is 115 Å². The normalized spacial score (nSPS) is 13.4. The number of benzene rings is 4. The minimum Gasteiger partial charge on any atom is -0.203 e. The van der Waals surface area contributed by atoms with Crippen LogP contribution in [0.2, 0.25) is 0 Å². The summed E-state index contributed by atoms with van der Waals surface area (Å²) < 4.78 is 36.7. The van der Waals surface area contributed by atoms with Gasteiger partial charge in [-0.05, 0) is 154 Å². The van der Waals surface area contributed by atoms with E-state index in [1.165, 1.54) is 218 Å². The molecule has 6 nitrogen and oxygen atoms in total. The maximum absolute atomic E-state index is 17.0. The highest BCUT2D eigenvalue weighted by Gasteiger charge is 2.28. The molecule has 8 heterocycles. The molecule has 4 unspecified atom stereocenters. The van der Waals surface area contributed by atoms with Gasteiger partial charge < -0.3 is 0 Å². The molecule has 0 aliphatic heterocycles. The number of aryl methyl sites for hydroxylation is 2. The Hall–Kier alpha value is -5.74. The molecule has 14 heteroatoms. The first kappa shape index (κ1) is 74.0. The number of unbranched alkanes of at least 4 members (excludes halogenated alkanes) is 10. The maximum atomic E-state index is 17.0. The Labute approximate surface area is 619 Å². The molecule has 4 aromatic carbocycles. The fourth-order valence-corrected chi connectivity index (χ4v) is 22.1. The molecule has 0 amide bonds. The monoisotopic (exact) mass is 1450 g/mol. The zero-order valence-electron chi connectivity index (χ0n) is 61.2. The van der Waals surface area contributed by atoms with Crippen LogP contribution in [0.4, 0.5) is 8.78 Å². The highest BCUT2D eigenvalue weighted by Crippen LogP contribution is 2.54. The van der Waals surface area contributed by atoms with Crippen molar-refractivity contribution in [1.29, 1.82) is 0 Å². The van der Waals surface area contributed by atoms with Crippen molar-refractivity contribution >= 4 is 110 Å². The molecular weight excluding hydrogens is 1350 g/mol. The molecular formula is C86H106F2N6S6. The molecule has 0 aliphatic rings. The molecule has 100 heavy (non-hydrogen) atoms. The predicted molar refractivity (Wildman–Crippen MR) is 436 cm³/mol. The van der Waals surface area contributed by atoms with Gasteiger partial charge in [0.25, 0.3) is 0 Å². The molecule has 530 valence electrons. The van der Waals surface area contributed by atoms with E-state index >= 15 is 8.78 Å². The van der Waals surface area contributed by atoms with Gasteiger partial charge in [0.05, 0.1) is 13.1 Å². The Bertz CT molecular complexity index is 4530. The van der Waals surface area contributed by atoms with Gasteiger partial charge in [0.1, 0.15) is 22.1 Å². The van der Waals surface area contributed by atoms with Crippen LogP contribution in [0.1, 0.15) is 230 Å². The Balaban J connectivity index is 0.918. The van der Waals surface area contributed by atoms with E-state index < -0.39 is 11.6 Å². The third-order valence-electron chi connectivity index (χ3n) is 21.2. The first-order valence-electron chi connectivity index (χ1n) is 38.4. The molecule has 4 atom stereocenters. The summed E-state index contributed by atoms with van der Waals surface area (Å²) in [4.78, 5) is 15.3. The van der Waals surface area contributed by atoms with E-state index in [4.69, 9.17) is 20.4 Å². The number of rotatable bonds is 39. The van der Waals surface area contributed by atoms with E-state index in [1.807, 2.05) is 73.1 Å². The van der Waals surface area contributed by atoms with Gasteiger partial charge >= 0.3 is 0 Å². The number of hydrogen-bond acceptors (Lipinski definition) is 10. The Morgan fingerprint density at radius 2 is 0.710 bits per heavy atom. The summed E-state index contributed by atoms with van der Waals surface area (Å²) in [6.07, 6.45) is 31.6. The van der Waals surface area contributed by atoms with Crippen molar-refractivity contribution in [1.82, 2.24) is 30.0 Å². The summed E-state index contributed by atoms with van der Waals surface area (Å²) in [6, 6.07) is 34.8. The highest BCUT2D eigenvalue weighted by atomic mass is 32.1. The van der Waals surface area contributed by atoms with E-state index in [1.54, 1.807) is 12.1 Å². The number of halogens is 2. The van der Waals surface area contributed by atoms with Gasteiger partial charge in [-0.1, -0.05) is 208 Å². The number of fused-ring (bicyclic) bond motifs is 4. The van der Waals surface area contributed by atoms with Gasteiger partial charge in [-0.2, -0.15) is 30.0 Å². The average molecular weight is 1450 g/mol. The van der Waals surface area contributed by atoms with E-state index in [0.717, 1.165) is 99.3 Å². The lowest BCUT2D eigenvalue weighted by Crippen LogP contribution is -2.13. The zero-order valence-corrected chi connectivity index (χ0v) is 66.1. The Morgan fingerprint density at radius 3 is 1.17 bits per heavy atom. The van der Waals surface area contributed by atoms with Gasteiger partial charge in [0.15, 0.2) is 11.6 Å². The topological polar surface area (TPSA) is 61.4 Å². The van der Waals surface area contributed by atoms with Gasteiger partial charge in [0.2, 0.25) is 0 Å². The molecule has 0 radical (unpaired) electrons. The van der Waals surface area contributed by atoms with Crippen LogP contribution in [0, 0.1) is 49.2 Å². The highest BCUT2D eigenvalue weighted by molar-refractivity contribution is 7.25. The molecule has 12 rings (SSSR count). The number of nitrogens with zero attached hydrogens (tertiary/aromatic N) is 6. The smallest absolute Gasteiger partial charge is 0.168 e. The number of thiophene rings is 6. The fraction of sp³-hybridized carbons (Fsp3) is 0.488. The Kier molecular flexibility index (Phi) is 26.0. The van der Waals surface area contributed by atoms with Gasteiger partial charge in [-0.25, -0.2) is 8.78 Å². The molecule has 0 spiro atoms. The molecule has 12 aromatic rings. The SMILES string of the molecule is CCCCCCC(CCCC)Cn1nc2c(C)ccc(-c3ccc(-c4ccc(-c5ccc(-c6ccc(-c7cc8c(-c9ccc(CC(CC)CCCC)s9)c9sc(C)cc9c(-c9ccc(CC(CC)CCCC)s9)c8s7)c7nn(CC(CCCC)CCCCCC)nc67)s5)c(F)c4F)s3)c2n1.